The van der Waals surface area contributed by atoms with Gasteiger partial charge in [0.25, 0.3) is 0 Å². The lowest BCUT2D eigenvalue weighted by atomic mass is 10.1. The van der Waals surface area contributed by atoms with Crippen LogP contribution in [0.2, 0.25) is 0 Å². The molecule has 2 aromatic carbocycles. The van der Waals surface area contributed by atoms with Crippen molar-refractivity contribution in [1.29, 1.82) is 0 Å². The molecule has 0 amide bonds. The first kappa shape index (κ1) is 18.5. The van der Waals surface area contributed by atoms with Gasteiger partial charge in [0, 0.05) is 42.2 Å². The molecular formula is C21H24N4O3. The highest BCUT2D eigenvalue weighted by Gasteiger charge is 2.38. The number of aromatic amines is 1. The Balaban J connectivity index is 1.60. The van der Waals surface area contributed by atoms with Crippen molar-refractivity contribution < 1.29 is 14.9 Å². The molecule has 2 unspecified atom stereocenters. The van der Waals surface area contributed by atoms with Crippen LogP contribution in [-0.2, 0) is 6.54 Å². The van der Waals surface area contributed by atoms with Gasteiger partial charge in [0.2, 0.25) is 0 Å². The molecule has 0 radical (unpaired) electrons. The summed E-state index contributed by atoms with van der Waals surface area (Å²) in [6.07, 6.45) is 2.72. The Morgan fingerprint density at radius 1 is 1.21 bits per heavy atom. The SMILES string of the molecule is COc1cc(N2CC(CO)N(Cc3ccccc3)C2O)ccc1-c1cn[nH]c1. The van der Waals surface area contributed by atoms with Gasteiger partial charge in [0.05, 0.1) is 26.0 Å². The second-order valence-electron chi connectivity index (χ2n) is 6.86. The molecule has 3 N–H and O–H groups in total. The predicted octanol–water partition coefficient (Wildman–Crippen LogP) is 2.04. The molecule has 0 spiro atoms. The summed E-state index contributed by atoms with van der Waals surface area (Å²) in [5.74, 6) is 0.702. The zero-order chi connectivity index (χ0) is 19.5. The van der Waals surface area contributed by atoms with Gasteiger partial charge in [-0.1, -0.05) is 30.3 Å². The quantitative estimate of drug-likeness (QED) is 0.607. The van der Waals surface area contributed by atoms with Gasteiger partial charge in [-0.2, -0.15) is 5.10 Å². The highest BCUT2D eigenvalue weighted by molar-refractivity contribution is 5.73. The fourth-order valence-electron chi connectivity index (χ4n) is 3.70. The van der Waals surface area contributed by atoms with Crippen LogP contribution in [0.5, 0.6) is 5.75 Å². The number of hydrogen-bond donors (Lipinski definition) is 3. The van der Waals surface area contributed by atoms with E-state index in [-0.39, 0.29) is 12.6 Å². The van der Waals surface area contributed by atoms with Crippen LogP contribution in [0, 0.1) is 0 Å². The third kappa shape index (κ3) is 3.47. The van der Waals surface area contributed by atoms with E-state index in [1.165, 1.54) is 0 Å². The predicted molar refractivity (Wildman–Crippen MR) is 107 cm³/mol. The van der Waals surface area contributed by atoms with Crippen LogP contribution in [0.4, 0.5) is 5.69 Å². The van der Waals surface area contributed by atoms with E-state index in [0.29, 0.717) is 18.8 Å². The molecule has 1 aromatic heterocycles. The molecule has 0 aliphatic carbocycles. The molecule has 7 nitrogen and oxygen atoms in total. The van der Waals surface area contributed by atoms with Crippen molar-refractivity contribution in [2.24, 2.45) is 0 Å². The van der Waals surface area contributed by atoms with Crippen molar-refractivity contribution >= 4 is 5.69 Å². The smallest absolute Gasteiger partial charge is 0.187 e. The number of aliphatic hydroxyl groups is 2. The van der Waals surface area contributed by atoms with Crippen LogP contribution in [-0.4, -0.2) is 58.0 Å². The minimum Gasteiger partial charge on any atom is -0.496 e. The van der Waals surface area contributed by atoms with Gasteiger partial charge < -0.3 is 19.8 Å². The lowest BCUT2D eigenvalue weighted by Gasteiger charge is -2.28. The maximum Gasteiger partial charge on any atom is 0.187 e. The summed E-state index contributed by atoms with van der Waals surface area (Å²) in [4.78, 5) is 3.79. The Morgan fingerprint density at radius 2 is 2.04 bits per heavy atom. The maximum absolute atomic E-state index is 11.0. The number of ether oxygens (including phenoxy) is 1. The summed E-state index contributed by atoms with van der Waals surface area (Å²) in [6, 6.07) is 15.6. The van der Waals surface area contributed by atoms with E-state index in [1.54, 1.807) is 13.3 Å². The van der Waals surface area contributed by atoms with Gasteiger partial charge in [-0.15, -0.1) is 0 Å². The fraction of sp³-hybridized carbons (Fsp3) is 0.286. The Morgan fingerprint density at radius 3 is 2.71 bits per heavy atom. The number of hydrogen-bond acceptors (Lipinski definition) is 6. The minimum atomic E-state index is -0.832. The van der Waals surface area contributed by atoms with E-state index < -0.39 is 6.35 Å². The molecule has 1 saturated heterocycles. The van der Waals surface area contributed by atoms with Gasteiger partial charge >= 0.3 is 0 Å². The molecule has 28 heavy (non-hydrogen) atoms. The van der Waals surface area contributed by atoms with Gasteiger partial charge in [-0.25, -0.2) is 4.90 Å². The van der Waals surface area contributed by atoms with E-state index in [0.717, 1.165) is 22.4 Å². The molecular weight excluding hydrogens is 356 g/mol. The Bertz CT molecular complexity index is 901. The van der Waals surface area contributed by atoms with Gasteiger partial charge in [-0.05, 0) is 17.7 Å². The topological polar surface area (TPSA) is 84.8 Å². The minimum absolute atomic E-state index is 0.0232. The summed E-state index contributed by atoms with van der Waals surface area (Å²) in [5.41, 5.74) is 3.79. The van der Waals surface area contributed by atoms with E-state index in [2.05, 4.69) is 10.2 Å². The first-order valence-corrected chi connectivity index (χ1v) is 9.23. The zero-order valence-corrected chi connectivity index (χ0v) is 15.7. The van der Waals surface area contributed by atoms with E-state index in [1.807, 2.05) is 64.5 Å². The third-order valence-electron chi connectivity index (χ3n) is 5.20. The second kappa shape index (κ2) is 8.02. The summed E-state index contributed by atoms with van der Waals surface area (Å²) < 4.78 is 5.57. The highest BCUT2D eigenvalue weighted by atomic mass is 16.5. The highest BCUT2D eigenvalue weighted by Crippen LogP contribution is 2.35. The molecule has 1 fully saturated rings. The lowest BCUT2D eigenvalue weighted by Crippen LogP contribution is -2.41. The number of benzene rings is 2. The van der Waals surface area contributed by atoms with Crippen LogP contribution in [0.1, 0.15) is 5.56 Å². The van der Waals surface area contributed by atoms with Crippen molar-refractivity contribution in [3.8, 4) is 16.9 Å². The molecule has 146 valence electrons. The largest absolute Gasteiger partial charge is 0.496 e. The average molecular weight is 380 g/mol. The molecule has 0 bridgehead atoms. The van der Waals surface area contributed by atoms with E-state index in [4.69, 9.17) is 4.74 Å². The van der Waals surface area contributed by atoms with E-state index in [9.17, 15) is 10.2 Å². The monoisotopic (exact) mass is 380 g/mol. The van der Waals surface area contributed by atoms with Crippen LogP contribution in [0.25, 0.3) is 11.1 Å². The summed E-state index contributed by atoms with van der Waals surface area (Å²) in [6.45, 7) is 1.07. The molecule has 1 aliphatic rings. The van der Waals surface area contributed by atoms with Gasteiger partial charge in [-0.3, -0.25) is 5.10 Å². The van der Waals surface area contributed by atoms with Crippen molar-refractivity contribution in [2.45, 2.75) is 18.9 Å². The number of rotatable bonds is 6. The Labute approximate surface area is 163 Å². The first-order chi connectivity index (χ1) is 13.7. The number of nitrogens with zero attached hydrogens (tertiary/aromatic N) is 3. The number of nitrogens with one attached hydrogen (secondary N) is 1. The molecule has 3 aromatic rings. The van der Waals surface area contributed by atoms with Crippen molar-refractivity contribution in [3.63, 3.8) is 0 Å². The van der Waals surface area contributed by atoms with Crippen LogP contribution in [0.3, 0.4) is 0 Å². The summed E-state index contributed by atoms with van der Waals surface area (Å²) in [5, 5.41) is 27.6. The fourth-order valence-corrected chi connectivity index (χ4v) is 3.70. The summed E-state index contributed by atoms with van der Waals surface area (Å²) in [7, 11) is 1.63. The standard InChI is InChI=1S/C21H24N4O3/c1-28-20-9-17(7-8-19(20)16-10-22-23-11-16)25-13-18(14-26)24(21(25)27)12-15-5-3-2-4-6-15/h2-11,18,21,26-27H,12-14H2,1H3,(H,22,23). The second-order valence-corrected chi connectivity index (χ2v) is 6.86. The third-order valence-corrected chi connectivity index (χ3v) is 5.20. The number of methoxy groups -OCH3 is 1. The molecule has 7 heteroatoms. The number of anilines is 1. The number of H-pyrrole nitrogens is 1. The van der Waals surface area contributed by atoms with Gasteiger partial charge in [0.15, 0.2) is 6.35 Å². The van der Waals surface area contributed by atoms with Crippen molar-refractivity contribution in [2.75, 3.05) is 25.2 Å². The molecule has 2 atom stereocenters. The van der Waals surface area contributed by atoms with Crippen LogP contribution in [0.15, 0.2) is 60.9 Å². The van der Waals surface area contributed by atoms with E-state index >= 15 is 0 Å². The van der Waals surface area contributed by atoms with Crippen LogP contribution >= 0.6 is 0 Å². The van der Waals surface area contributed by atoms with Crippen LogP contribution < -0.4 is 9.64 Å². The Kier molecular flexibility index (Phi) is 5.29. The summed E-state index contributed by atoms with van der Waals surface area (Å²) >= 11 is 0. The average Bonchev–Trinajstić information content (AvgIpc) is 3.37. The van der Waals surface area contributed by atoms with Gasteiger partial charge in [0.1, 0.15) is 5.75 Å². The zero-order valence-electron chi connectivity index (χ0n) is 15.7. The molecule has 1 aliphatic heterocycles. The molecule has 0 saturated carbocycles. The Hall–Kier alpha value is -2.87. The molecule has 2 heterocycles. The van der Waals surface area contributed by atoms with Crippen molar-refractivity contribution in [3.05, 3.63) is 66.5 Å². The normalized spacial score (nSPS) is 19.9. The first-order valence-electron chi connectivity index (χ1n) is 9.23. The molecule has 4 rings (SSSR count). The number of aliphatic hydroxyl groups excluding tert-OH is 2. The number of aromatic nitrogens is 2. The lowest BCUT2D eigenvalue weighted by molar-refractivity contribution is 0.0000868. The maximum atomic E-state index is 11.0. The van der Waals surface area contributed by atoms with Crippen molar-refractivity contribution in [1.82, 2.24) is 15.1 Å².